The second-order valence-corrected chi connectivity index (χ2v) is 8.04. The summed E-state index contributed by atoms with van der Waals surface area (Å²) in [4.78, 5) is 0. The molecule has 24 heavy (non-hydrogen) atoms. The van der Waals surface area contributed by atoms with E-state index in [0.29, 0.717) is 0 Å². The van der Waals surface area contributed by atoms with Crippen LogP contribution >= 0.6 is 0 Å². The number of unbranched alkanes of at least 4 members (excludes halogenated alkanes) is 14. The van der Waals surface area contributed by atoms with Gasteiger partial charge in [-0.15, -0.1) is 0 Å². The molecule has 0 spiro atoms. The molecule has 0 unspecified atom stereocenters. The van der Waals surface area contributed by atoms with E-state index in [1.807, 2.05) is 0 Å². The zero-order valence-corrected chi connectivity index (χ0v) is 17.4. The molecule has 0 heterocycles. The minimum Gasteiger partial charge on any atom is -0.0654 e. The van der Waals surface area contributed by atoms with Crippen molar-refractivity contribution in [3.05, 3.63) is 6.92 Å². The van der Waals surface area contributed by atoms with Gasteiger partial charge >= 0.3 is 0 Å². The Kier molecular flexibility index (Phi) is 21.0. The van der Waals surface area contributed by atoms with Crippen molar-refractivity contribution in [2.45, 2.75) is 142 Å². The van der Waals surface area contributed by atoms with Gasteiger partial charge in [0.2, 0.25) is 0 Å². The Balaban J connectivity index is 3.43. The first-order valence-corrected chi connectivity index (χ1v) is 11.6. The Labute approximate surface area is 155 Å². The standard InChI is InChI=1S/C24H49/c1-4-7-9-11-13-15-17-19-22-24(21-6-3)23-20-18-16-14-12-10-8-5-2/h24H,3-23H2,1-2H3. The van der Waals surface area contributed by atoms with Gasteiger partial charge in [0.05, 0.1) is 0 Å². The monoisotopic (exact) mass is 337 g/mol. The van der Waals surface area contributed by atoms with Gasteiger partial charge in [-0.2, -0.15) is 0 Å². The first-order chi connectivity index (χ1) is 11.8. The second kappa shape index (κ2) is 21.0. The van der Waals surface area contributed by atoms with Crippen LogP contribution in [0.3, 0.4) is 0 Å². The number of rotatable bonds is 20. The molecule has 0 rings (SSSR count). The van der Waals surface area contributed by atoms with Crippen LogP contribution in [0.5, 0.6) is 0 Å². The maximum absolute atomic E-state index is 4.10. The summed E-state index contributed by atoms with van der Waals surface area (Å²) in [7, 11) is 0. The van der Waals surface area contributed by atoms with E-state index in [4.69, 9.17) is 0 Å². The molecule has 0 aromatic rings. The fourth-order valence-electron chi connectivity index (χ4n) is 3.86. The van der Waals surface area contributed by atoms with Crippen LogP contribution in [0.15, 0.2) is 0 Å². The number of hydrogen-bond donors (Lipinski definition) is 0. The molecule has 0 atom stereocenters. The molecule has 0 amide bonds. The molecule has 0 heteroatoms. The third-order valence-corrected chi connectivity index (χ3v) is 5.54. The predicted molar refractivity (Wildman–Crippen MR) is 113 cm³/mol. The van der Waals surface area contributed by atoms with E-state index < -0.39 is 0 Å². The van der Waals surface area contributed by atoms with Crippen molar-refractivity contribution in [1.29, 1.82) is 0 Å². The number of hydrogen-bond acceptors (Lipinski definition) is 0. The molecule has 0 nitrogen and oxygen atoms in total. The van der Waals surface area contributed by atoms with Crippen molar-refractivity contribution in [2.75, 3.05) is 0 Å². The topological polar surface area (TPSA) is 0 Å². The predicted octanol–water partition coefficient (Wildman–Crippen LogP) is 9.28. The quantitative estimate of drug-likeness (QED) is 0.194. The van der Waals surface area contributed by atoms with Crippen LogP contribution in [0, 0.1) is 12.8 Å². The van der Waals surface area contributed by atoms with Crippen molar-refractivity contribution in [1.82, 2.24) is 0 Å². The summed E-state index contributed by atoms with van der Waals surface area (Å²) in [6, 6.07) is 0. The third-order valence-electron chi connectivity index (χ3n) is 5.54. The van der Waals surface area contributed by atoms with E-state index in [0.717, 1.165) is 12.3 Å². The van der Waals surface area contributed by atoms with E-state index in [9.17, 15) is 0 Å². The largest absolute Gasteiger partial charge is 0.0654 e. The summed E-state index contributed by atoms with van der Waals surface area (Å²) >= 11 is 0. The molecule has 0 N–H and O–H groups in total. The average molecular weight is 338 g/mol. The Bertz CT molecular complexity index is 188. The highest BCUT2D eigenvalue weighted by Crippen LogP contribution is 2.23. The van der Waals surface area contributed by atoms with Crippen LogP contribution in [0.1, 0.15) is 142 Å². The Morgan fingerprint density at radius 3 is 1.12 bits per heavy atom. The molecule has 0 aliphatic rings. The van der Waals surface area contributed by atoms with Gasteiger partial charge in [0, 0.05) is 0 Å². The maximum Gasteiger partial charge on any atom is -0.0414 e. The van der Waals surface area contributed by atoms with Gasteiger partial charge < -0.3 is 0 Å². The zero-order chi connectivity index (χ0) is 17.7. The van der Waals surface area contributed by atoms with E-state index >= 15 is 0 Å². The van der Waals surface area contributed by atoms with Crippen LogP contribution < -0.4 is 0 Å². The molecule has 0 aliphatic carbocycles. The summed E-state index contributed by atoms with van der Waals surface area (Å²) in [5.41, 5.74) is 0. The van der Waals surface area contributed by atoms with Gasteiger partial charge in [-0.25, -0.2) is 0 Å². The summed E-state index contributed by atoms with van der Waals surface area (Å²) in [5.74, 6) is 0.975. The van der Waals surface area contributed by atoms with Crippen molar-refractivity contribution in [3.63, 3.8) is 0 Å². The molecule has 0 aromatic heterocycles. The summed E-state index contributed by atoms with van der Waals surface area (Å²) < 4.78 is 0. The van der Waals surface area contributed by atoms with E-state index in [1.165, 1.54) is 122 Å². The normalized spacial score (nSPS) is 11.5. The molecule has 145 valence electrons. The first kappa shape index (κ1) is 24.0. The molecule has 0 bridgehead atoms. The minimum absolute atomic E-state index is 0.975. The van der Waals surface area contributed by atoms with Gasteiger partial charge in [-0.1, -0.05) is 149 Å². The van der Waals surface area contributed by atoms with E-state index in [2.05, 4.69) is 20.8 Å². The van der Waals surface area contributed by atoms with Crippen LogP contribution in [-0.2, 0) is 0 Å². The molecule has 0 aliphatic heterocycles. The molecule has 1 radical (unpaired) electrons. The second-order valence-electron chi connectivity index (χ2n) is 8.04. The van der Waals surface area contributed by atoms with Crippen molar-refractivity contribution in [3.8, 4) is 0 Å². The third kappa shape index (κ3) is 18.3. The Hall–Kier alpha value is 0. The molecule has 0 aromatic carbocycles. The van der Waals surface area contributed by atoms with E-state index in [1.54, 1.807) is 0 Å². The smallest absolute Gasteiger partial charge is 0.0414 e. The Morgan fingerprint density at radius 1 is 0.458 bits per heavy atom. The highest BCUT2D eigenvalue weighted by atomic mass is 14.1. The van der Waals surface area contributed by atoms with Crippen molar-refractivity contribution in [2.24, 2.45) is 5.92 Å². The lowest BCUT2D eigenvalue weighted by molar-refractivity contribution is 0.382. The molecule has 0 saturated carbocycles. The van der Waals surface area contributed by atoms with Gasteiger partial charge in [-0.3, -0.25) is 0 Å². The van der Waals surface area contributed by atoms with Crippen molar-refractivity contribution < 1.29 is 0 Å². The highest BCUT2D eigenvalue weighted by Gasteiger charge is 2.07. The summed E-state index contributed by atoms with van der Waals surface area (Å²) in [6.07, 6.45) is 28.7. The van der Waals surface area contributed by atoms with Crippen LogP contribution in [0.4, 0.5) is 0 Å². The van der Waals surface area contributed by atoms with Crippen molar-refractivity contribution >= 4 is 0 Å². The van der Waals surface area contributed by atoms with Crippen LogP contribution in [0.2, 0.25) is 0 Å². The molecular weight excluding hydrogens is 288 g/mol. The van der Waals surface area contributed by atoms with Crippen LogP contribution in [-0.4, -0.2) is 0 Å². The molecule has 0 saturated heterocycles. The highest BCUT2D eigenvalue weighted by molar-refractivity contribution is 4.62. The van der Waals surface area contributed by atoms with Gasteiger partial charge in [-0.05, 0) is 5.92 Å². The fraction of sp³-hybridized carbons (Fsp3) is 0.958. The van der Waals surface area contributed by atoms with Gasteiger partial charge in [0.25, 0.3) is 0 Å². The molecule has 0 fully saturated rings. The van der Waals surface area contributed by atoms with Gasteiger partial charge in [0.1, 0.15) is 0 Å². The van der Waals surface area contributed by atoms with Gasteiger partial charge in [0.15, 0.2) is 0 Å². The maximum atomic E-state index is 4.10. The Morgan fingerprint density at radius 2 is 0.792 bits per heavy atom. The average Bonchev–Trinajstić information content (AvgIpc) is 2.59. The summed E-state index contributed by atoms with van der Waals surface area (Å²) in [6.45, 7) is 8.70. The molecular formula is C24H49. The summed E-state index contributed by atoms with van der Waals surface area (Å²) in [5, 5.41) is 0. The van der Waals surface area contributed by atoms with E-state index in [-0.39, 0.29) is 0 Å². The first-order valence-electron chi connectivity index (χ1n) is 11.6. The minimum atomic E-state index is 0.975. The lowest BCUT2D eigenvalue weighted by Crippen LogP contribution is -2.00. The fourth-order valence-corrected chi connectivity index (χ4v) is 3.86. The van der Waals surface area contributed by atoms with Crippen LogP contribution in [0.25, 0.3) is 0 Å². The lowest BCUT2D eigenvalue weighted by atomic mass is 9.90. The lowest BCUT2D eigenvalue weighted by Gasteiger charge is -2.16. The zero-order valence-electron chi connectivity index (χ0n) is 17.4. The SMILES string of the molecule is [CH2]CCC(CCCCCCCCCC)CCCCCCCCCC.